The molecule has 5 fully saturated rings. The zero-order chi connectivity index (χ0) is 64.1. The first-order chi connectivity index (χ1) is 40.2. The third kappa shape index (κ3) is 26.7. The summed E-state index contributed by atoms with van der Waals surface area (Å²) in [6, 6.07) is 14.1. The van der Waals surface area contributed by atoms with E-state index in [2.05, 4.69) is 40.3 Å². The molecule has 476 valence electrons. The Balaban J connectivity index is 0.000000223. The van der Waals surface area contributed by atoms with Gasteiger partial charge in [-0.05, 0) is 145 Å². The van der Waals surface area contributed by atoms with Crippen molar-refractivity contribution in [2.75, 3.05) is 90.4 Å². The van der Waals surface area contributed by atoms with Gasteiger partial charge in [0.05, 0.1) is 36.9 Å². The molecule has 5 aliphatic rings. The standard InChI is InChI=1S/C14H18ClF2N3O2.C9H8ClF2IN2.C9H9ClF2N2.C9H10F2N2.C5H3F2N.C5H11NO2.C4H8FN/c1-14(2,3)22-13(21)18-9-6-10(19-12(17)11(9)15)20-5-4-8(16)7-20;10-8-6(13)3-7(14-9(8)12)15-2-1-5(11)4-15;10-7-1-2-8(13-9(7)12)14-4-3-6(11)5-14;10-7-4-5-13(6-7)9-3-1-2-8(11)12-9;6-4-2-1-3-5(7)8-4;1-5(2,3)8-4(6)7;5-4-1-2-6-3-4/h6,8H,4-5,7H2,1-3H3,(H,18,19,21);3,5H,1-2,4H2;1-2,6H,3-5H2;1-3,7H,4-6H2;1-3H;1-3H3,(H2,6,7);4,6H,1-3H2/t8-;5-;6-;7-;;;4-/m1111..1/s1. The molecule has 5 aromatic rings. The molecule has 0 aromatic carbocycles. The molecule has 86 heavy (non-hydrogen) atoms. The largest absolute Gasteiger partial charge is 0.444 e. The summed E-state index contributed by atoms with van der Waals surface area (Å²) in [5, 5.41) is 4.99. The van der Waals surface area contributed by atoms with Crippen LogP contribution in [0.3, 0.4) is 0 Å². The summed E-state index contributed by atoms with van der Waals surface area (Å²) in [6.07, 6.45) is -2.96. The van der Waals surface area contributed by atoms with Gasteiger partial charge in [0.1, 0.15) is 75.4 Å². The van der Waals surface area contributed by atoms with Crippen molar-refractivity contribution in [1.82, 2.24) is 30.2 Å². The molecule has 5 saturated heterocycles. The third-order valence-electron chi connectivity index (χ3n) is 11.8. The van der Waals surface area contributed by atoms with Gasteiger partial charge in [0.2, 0.25) is 35.7 Å². The van der Waals surface area contributed by atoms with Crippen LogP contribution < -0.4 is 36.0 Å². The average Bonchev–Trinajstić information content (AvgIpc) is 3.07. The Morgan fingerprint density at radius 2 is 0.977 bits per heavy atom. The number of hydrogen-bond acceptors (Lipinski definition) is 14. The second-order valence-corrected chi connectivity index (χ2v) is 23.6. The van der Waals surface area contributed by atoms with Crippen LogP contribution in [0, 0.1) is 39.3 Å². The molecule has 5 aromatic heterocycles. The van der Waals surface area contributed by atoms with Crippen LogP contribution in [0.1, 0.15) is 73.6 Å². The SMILES string of the molecule is CC(C)(C)OC(=O)Nc1cc(N2CC[C@@H](F)C2)nc(F)c1Cl.CC(C)(C)OC(N)=O.F[C@@H]1CCNC1.Fc1cccc(F)n1.Fc1cccc(N2CC[C@@H](F)C2)n1.Fc1nc(N2CC[C@@H](F)C2)cc(I)c1Cl.Fc1nc(N2CC[C@@H](F)C2)ccc1Cl. The number of ether oxygens (including phenoxy) is 2. The highest BCUT2D eigenvalue weighted by molar-refractivity contribution is 14.1. The van der Waals surface area contributed by atoms with Gasteiger partial charge in [-0.2, -0.15) is 31.3 Å². The van der Waals surface area contributed by atoms with E-state index in [1.165, 1.54) is 24.3 Å². The molecule has 0 bridgehead atoms. The molecule has 31 heteroatoms. The van der Waals surface area contributed by atoms with Crippen molar-refractivity contribution in [3.63, 3.8) is 0 Å². The fourth-order valence-corrected chi connectivity index (χ4v) is 8.78. The zero-order valence-corrected chi connectivity index (χ0v) is 52.1. The minimum atomic E-state index is -0.970. The molecule has 0 radical (unpaired) electrons. The fraction of sp³-hybridized carbons (Fsp3) is 0.509. The molecule has 5 aliphatic heterocycles. The second kappa shape index (κ2) is 34.7. The molecule has 0 saturated carbocycles. The molecule has 0 spiro atoms. The van der Waals surface area contributed by atoms with Crippen LogP contribution in [-0.4, -0.2) is 145 Å². The molecular formula is C55H67Cl3F11IN12O4. The number of hydrogen-bond donors (Lipinski definition) is 3. The molecular weight excluding hydrogens is 1330 g/mol. The van der Waals surface area contributed by atoms with Crippen LogP contribution in [0.25, 0.3) is 0 Å². The molecule has 2 amide bonds. The first-order valence-electron chi connectivity index (χ1n) is 26.7. The highest BCUT2D eigenvalue weighted by atomic mass is 127. The lowest BCUT2D eigenvalue weighted by Crippen LogP contribution is -2.27. The maximum atomic E-state index is 13.8. The number of anilines is 5. The number of nitrogens with zero attached hydrogens (tertiary/aromatic N) is 9. The summed E-state index contributed by atoms with van der Waals surface area (Å²) in [4.78, 5) is 46.2. The average molecular weight is 1400 g/mol. The Morgan fingerprint density at radius 3 is 1.31 bits per heavy atom. The van der Waals surface area contributed by atoms with Gasteiger partial charge in [-0.25, -0.2) is 51.5 Å². The number of pyridine rings is 5. The Kier molecular flexibility index (Phi) is 29.4. The Labute approximate surface area is 520 Å². The monoisotopic (exact) mass is 1400 g/mol. The van der Waals surface area contributed by atoms with Gasteiger partial charge in [0.15, 0.2) is 0 Å². The minimum absolute atomic E-state index is 0.00949. The Bertz CT molecular complexity index is 2920. The highest BCUT2D eigenvalue weighted by Gasteiger charge is 2.28. The second-order valence-electron chi connectivity index (χ2n) is 21.3. The van der Waals surface area contributed by atoms with E-state index in [1.807, 2.05) is 22.6 Å². The van der Waals surface area contributed by atoms with Gasteiger partial charge in [-0.1, -0.05) is 46.9 Å². The van der Waals surface area contributed by atoms with E-state index in [0.717, 1.165) is 18.7 Å². The van der Waals surface area contributed by atoms with Crippen molar-refractivity contribution in [2.24, 2.45) is 5.73 Å². The number of carbonyl (C=O) groups is 2. The number of alkyl halides is 5. The predicted molar refractivity (Wildman–Crippen MR) is 318 cm³/mol. The molecule has 0 aliphatic carbocycles. The van der Waals surface area contributed by atoms with Crippen molar-refractivity contribution in [1.29, 1.82) is 0 Å². The Hall–Kier alpha value is -5.72. The van der Waals surface area contributed by atoms with Gasteiger partial charge in [0.25, 0.3) is 0 Å². The number of nitrogens with one attached hydrogen (secondary N) is 2. The van der Waals surface area contributed by atoms with E-state index in [-0.39, 0.29) is 46.2 Å². The number of amides is 2. The van der Waals surface area contributed by atoms with E-state index in [0.29, 0.717) is 92.4 Å². The maximum Gasteiger partial charge on any atom is 0.412 e. The lowest BCUT2D eigenvalue weighted by atomic mass is 10.2. The number of halogens is 15. The van der Waals surface area contributed by atoms with E-state index in [4.69, 9.17) is 45.3 Å². The lowest BCUT2D eigenvalue weighted by Gasteiger charge is -2.21. The van der Waals surface area contributed by atoms with Gasteiger partial charge >= 0.3 is 12.2 Å². The fourth-order valence-electron chi connectivity index (χ4n) is 7.94. The van der Waals surface area contributed by atoms with Gasteiger partial charge in [0, 0.05) is 42.4 Å². The summed E-state index contributed by atoms with van der Waals surface area (Å²) < 4.78 is 150. The number of primary amides is 1. The third-order valence-corrected chi connectivity index (χ3v) is 14.0. The minimum Gasteiger partial charge on any atom is -0.444 e. The van der Waals surface area contributed by atoms with E-state index >= 15 is 0 Å². The van der Waals surface area contributed by atoms with Gasteiger partial charge in [-0.15, -0.1) is 0 Å². The summed E-state index contributed by atoms with van der Waals surface area (Å²) in [6.45, 7) is 15.1. The number of rotatable bonds is 5. The van der Waals surface area contributed by atoms with Crippen molar-refractivity contribution in [3.05, 3.63) is 115 Å². The van der Waals surface area contributed by atoms with Crippen LogP contribution >= 0.6 is 57.4 Å². The van der Waals surface area contributed by atoms with Crippen LogP contribution in [0.5, 0.6) is 0 Å². The number of nitrogens with two attached hydrogens (primary N) is 1. The maximum absolute atomic E-state index is 13.8. The van der Waals surface area contributed by atoms with E-state index in [9.17, 15) is 57.9 Å². The molecule has 4 N–H and O–H groups in total. The first kappa shape index (κ1) is 72.8. The smallest absolute Gasteiger partial charge is 0.412 e. The van der Waals surface area contributed by atoms with Crippen LogP contribution in [0.2, 0.25) is 15.1 Å². The number of carbonyl (C=O) groups excluding carboxylic acids is 2. The summed E-state index contributed by atoms with van der Waals surface area (Å²) in [5.41, 5.74) is 3.61. The van der Waals surface area contributed by atoms with Crippen LogP contribution in [0.4, 0.5) is 86.8 Å². The van der Waals surface area contributed by atoms with Crippen LogP contribution in [-0.2, 0) is 9.47 Å². The topological polar surface area (TPSA) is 180 Å². The predicted octanol–water partition coefficient (Wildman–Crippen LogP) is 13.5. The summed E-state index contributed by atoms with van der Waals surface area (Å²) in [7, 11) is 0. The highest BCUT2D eigenvalue weighted by Crippen LogP contribution is 2.32. The van der Waals surface area contributed by atoms with Crippen molar-refractivity contribution in [2.45, 2.75) is 116 Å². The van der Waals surface area contributed by atoms with Crippen molar-refractivity contribution in [3.8, 4) is 0 Å². The molecule has 16 nitrogen and oxygen atoms in total. The summed E-state index contributed by atoms with van der Waals surface area (Å²) >= 11 is 18.9. The quantitative estimate of drug-likeness (QED) is 0.0859. The molecule has 10 rings (SSSR count). The first-order valence-corrected chi connectivity index (χ1v) is 29.0. The number of aromatic nitrogens is 5. The molecule has 0 unspecified atom stereocenters. The Morgan fingerprint density at radius 1 is 0.558 bits per heavy atom. The molecule has 10 heterocycles. The van der Waals surface area contributed by atoms with Gasteiger partial charge in [-0.3, -0.25) is 5.32 Å². The van der Waals surface area contributed by atoms with Crippen molar-refractivity contribution < 1.29 is 67.4 Å². The van der Waals surface area contributed by atoms with E-state index in [1.54, 1.807) is 85.4 Å². The van der Waals surface area contributed by atoms with Crippen molar-refractivity contribution >= 4 is 98.5 Å². The van der Waals surface area contributed by atoms with Crippen LogP contribution in [0.15, 0.2) is 60.7 Å². The molecule has 5 atom stereocenters. The van der Waals surface area contributed by atoms with Gasteiger partial charge < -0.3 is 40.1 Å². The van der Waals surface area contributed by atoms with E-state index < -0.39 is 89.9 Å². The summed E-state index contributed by atoms with van der Waals surface area (Å²) in [5.74, 6) is -2.74. The zero-order valence-electron chi connectivity index (χ0n) is 47.7. The lowest BCUT2D eigenvalue weighted by molar-refractivity contribution is 0.0596. The normalized spacial score (nSPS) is 19.6.